The molecule has 1 N–H and O–H groups in total. The predicted molar refractivity (Wildman–Crippen MR) is 83.5 cm³/mol. The predicted octanol–water partition coefficient (Wildman–Crippen LogP) is 2.08. The number of urea groups is 1. The fourth-order valence-electron chi connectivity index (χ4n) is 2.35. The van der Waals surface area contributed by atoms with Crippen LogP contribution in [0.5, 0.6) is 0 Å². The van der Waals surface area contributed by atoms with E-state index in [0.717, 1.165) is 10.5 Å². The molecule has 118 valence electrons. The summed E-state index contributed by atoms with van der Waals surface area (Å²) in [5, 5.41) is 9.30. The fourth-order valence-corrected chi connectivity index (χ4v) is 2.57. The number of aliphatic carboxylic acids is 1. The molecule has 1 aliphatic heterocycles. The van der Waals surface area contributed by atoms with Gasteiger partial charge in [-0.15, -0.1) is 0 Å². The van der Waals surface area contributed by atoms with Crippen molar-refractivity contribution in [2.24, 2.45) is 0 Å². The summed E-state index contributed by atoms with van der Waals surface area (Å²) >= 11 is 3.19. The second-order valence-corrected chi connectivity index (χ2v) is 6.19. The molecule has 1 unspecified atom stereocenters. The number of hydrogen-bond acceptors (Lipinski definition) is 3. The molecule has 2 rings (SSSR count). The third-order valence-corrected chi connectivity index (χ3v) is 4.59. The van der Waals surface area contributed by atoms with Crippen molar-refractivity contribution in [3.8, 4) is 0 Å². The van der Waals surface area contributed by atoms with E-state index < -0.39 is 28.8 Å². The number of carboxylic acid groups (broad SMARTS) is 1. The standard InChI is InChI=1S/C15H17BrN2O4/c1-2-11(16)13(19)18-12(14(20)21)9-17(15(18)22)8-10-6-4-3-5-7-10/h3-7,11-12H,2,8-9H2,1H3,(H,20,21)/t11?,12-/m0/s1. The van der Waals surface area contributed by atoms with Crippen LogP contribution in [0.1, 0.15) is 18.9 Å². The van der Waals surface area contributed by atoms with Gasteiger partial charge in [0, 0.05) is 6.54 Å². The Balaban J connectivity index is 2.21. The Labute approximate surface area is 136 Å². The molecular weight excluding hydrogens is 352 g/mol. The van der Waals surface area contributed by atoms with Crippen LogP contribution in [0.2, 0.25) is 0 Å². The number of amides is 3. The van der Waals surface area contributed by atoms with Crippen molar-refractivity contribution in [3.63, 3.8) is 0 Å². The van der Waals surface area contributed by atoms with Crippen molar-refractivity contribution >= 4 is 33.8 Å². The van der Waals surface area contributed by atoms with Gasteiger partial charge in [0.05, 0.1) is 11.4 Å². The maximum absolute atomic E-state index is 12.4. The lowest BCUT2D eigenvalue weighted by molar-refractivity contribution is -0.145. The number of hydrogen-bond donors (Lipinski definition) is 1. The lowest BCUT2D eigenvalue weighted by atomic mass is 10.2. The van der Waals surface area contributed by atoms with E-state index in [9.17, 15) is 19.5 Å². The minimum atomic E-state index is -1.17. The fraction of sp³-hybridized carbons (Fsp3) is 0.400. The Morgan fingerprint density at radius 3 is 2.55 bits per heavy atom. The molecule has 2 atom stereocenters. The van der Waals surface area contributed by atoms with E-state index in [1.807, 2.05) is 30.3 Å². The summed E-state index contributed by atoms with van der Waals surface area (Å²) < 4.78 is 0. The van der Waals surface area contributed by atoms with Gasteiger partial charge in [-0.25, -0.2) is 14.5 Å². The van der Waals surface area contributed by atoms with Gasteiger partial charge in [0.2, 0.25) is 5.91 Å². The summed E-state index contributed by atoms with van der Waals surface area (Å²) in [6, 6.07) is 7.56. The summed E-state index contributed by atoms with van der Waals surface area (Å²) in [4.78, 5) is 37.8. The number of imide groups is 1. The number of halogens is 1. The van der Waals surface area contributed by atoms with Crippen LogP contribution in [0.4, 0.5) is 4.79 Å². The highest BCUT2D eigenvalue weighted by Crippen LogP contribution is 2.22. The number of rotatable bonds is 5. The van der Waals surface area contributed by atoms with Crippen molar-refractivity contribution in [1.29, 1.82) is 0 Å². The molecule has 0 saturated carbocycles. The van der Waals surface area contributed by atoms with Crippen LogP contribution < -0.4 is 0 Å². The first-order valence-electron chi connectivity index (χ1n) is 6.98. The molecule has 0 aliphatic carbocycles. The minimum absolute atomic E-state index is 0.00175. The quantitative estimate of drug-likeness (QED) is 0.807. The highest BCUT2D eigenvalue weighted by Gasteiger charge is 2.46. The zero-order chi connectivity index (χ0) is 16.3. The Morgan fingerprint density at radius 2 is 2.00 bits per heavy atom. The molecule has 22 heavy (non-hydrogen) atoms. The molecular formula is C15H17BrN2O4. The van der Waals surface area contributed by atoms with Gasteiger partial charge in [-0.05, 0) is 12.0 Å². The van der Waals surface area contributed by atoms with Crippen LogP contribution in [0.15, 0.2) is 30.3 Å². The van der Waals surface area contributed by atoms with Crippen LogP contribution in [0, 0.1) is 0 Å². The number of carbonyl (C=O) groups excluding carboxylic acids is 2. The van der Waals surface area contributed by atoms with Crippen LogP contribution >= 0.6 is 15.9 Å². The van der Waals surface area contributed by atoms with Crippen molar-refractivity contribution in [2.75, 3.05) is 6.54 Å². The largest absolute Gasteiger partial charge is 0.480 e. The van der Waals surface area contributed by atoms with Crippen LogP contribution in [-0.4, -0.2) is 50.2 Å². The second kappa shape index (κ2) is 6.91. The third kappa shape index (κ3) is 3.30. The Bertz CT molecular complexity index is 578. The Kier molecular flexibility index (Phi) is 5.18. The number of nitrogens with zero attached hydrogens (tertiary/aromatic N) is 2. The van der Waals surface area contributed by atoms with Gasteiger partial charge in [0.15, 0.2) is 6.04 Å². The molecule has 0 spiro atoms. The van der Waals surface area contributed by atoms with Gasteiger partial charge >= 0.3 is 12.0 Å². The highest BCUT2D eigenvalue weighted by atomic mass is 79.9. The van der Waals surface area contributed by atoms with Crippen LogP contribution in [0.25, 0.3) is 0 Å². The van der Waals surface area contributed by atoms with Crippen LogP contribution in [-0.2, 0) is 16.1 Å². The monoisotopic (exact) mass is 368 g/mol. The molecule has 3 amide bonds. The first kappa shape index (κ1) is 16.5. The Hall–Kier alpha value is -1.89. The highest BCUT2D eigenvalue weighted by molar-refractivity contribution is 9.10. The molecule has 1 aromatic carbocycles. The van der Waals surface area contributed by atoms with Gasteiger partial charge in [-0.2, -0.15) is 0 Å². The maximum atomic E-state index is 12.4. The average Bonchev–Trinajstić information content (AvgIpc) is 2.84. The molecule has 0 radical (unpaired) electrons. The van der Waals surface area contributed by atoms with Gasteiger partial charge in [0.1, 0.15) is 0 Å². The van der Waals surface area contributed by atoms with Crippen molar-refractivity contribution in [3.05, 3.63) is 35.9 Å². The molecule has 0 aromatic heterocycles. The van der Waals surface area contributed by atoms with E-state index in [1.165, 1.54) is 4.90 Å². The molecule has 6 nitrogen and oxygen atoms in total. The van der Waals surface area contributed by atoms with E-state index in [2.05, 4.69) is 15.9 Å². The molecule has 7 heteroatoms. The number of carboxylic acids is 1. The first-order valence-corrected chi connectivity index (χ1v) is 7.90. The van der Waals surface area contributed by atoms with E-state index in [-0.39, 0.29) is 13.1 Å². The van der Waals surface area contributed by atoms with Crippen molar-refractivity contribution < 1.29 is 19.5 Å². The summed E-state index contributed by atoms with van der Waals surface area (Å²) in [6.07, 6.45) is 0.480. The average molecular weight is 369 g/mol. The SMILES string of the molecule is CCC(Br)C(=O)N1C(=O)N(Cc2ccccc2)C[C@H]1C(=O)O. The van der Waals surface area contributed by atoms with Crippen molar-refractivity contribution in [2.45, 2.75) is 30.8 Å². The van der Waals surface area contributed by atoms with Gasteiger partial charge in [-0.3, -0.25) is 4.79 Å². The number of alkyl halides is 1. The van der Waals surface area contributed by atoms with E-state index in [4.69, 9.17) is 0 Å². The van der Waals surface area contributed by atoms with Crippen LogP contribution in [0.3, 0.4) is 0 Å². The van der Waals surface area contributed by atoms with Crippen molar-refractivity contribution in [1.82, 2.24) is 9.80 Å². The molecule has 0 bridgehead atoms. The van der Waals surface area contributed by atoms with E-state index in [1.54, 1.807) is 6.92 Å². The molecule has 1 aromatic rings. The Morgan fingerprint density at radius 1 is 1.36 bits per heavy atom. The zero-order valence-electron chi connectivity index (χ0n) is 12.1. The van der Waals surface area contributed by atoms with Gasteiger partial charge < -0.3 is 10.0 Å². The van der Waals surface area contributed by atoms with Gasteiger partial charge in [-0.1, -0.05) is 53.2 Å². The molecule has 1 fully saturated rings. The summed E-state index contributed by atoms with van der Waals surface area (Å²) in [5.41, 5.74) is 0.889. The molecule has 1 heterocycles. The third-order valence-electron chi connectivity index (χ3n) is 3.55. The minimum Gasteiger partial charge on any atom is -0.480 e. The molecule has 1 saturated heterocycles. The topological polar surface area (TPSA) is 77.9 Å². The summed E-state index contributed by atoms with van der Waals surface area (Å²) in [5.74, 6) is -1.68. The number of carbonyl (C=O) groups is 3. The smallest absolute Gasteiger partial charge is 0.328 e. The zero-order valence-corrected chi connectivity index (χ0v) is 13.7. The number of benzene rings is 1. The van der Waals surface area contributed by atoms with Gasteiger partial charge in [0.25, 0.3) is 0 Å². The normalized spacial score (nSPS) is 19.4. The first-order chi connectivity index (χ1) is 10.5. The molecule has 1 aliphatic rings. The van der Waals surface area contributed by atoms with E-state index in [0.29, 0.717) is 6.42 Å². The summed E-state index contributed by atoms with van der Waals surface area (Å²) in [6.45, 7) is 2.07. The summed E-state index contributed by atoms with van der Waals surface area (Å²) in [7, 11) is 0. The lowest BCUT2D eigenvalue weighted by Gasteiger charge is -2.21. The van der Waals surface area contributed by atoms with E-state index >= 15 is 0 Å². The maximum Gasteiger partial charge on any atom is 0.328 e. The lowest BCUT2D eigenvalue weighted by Crippen LogP contribution is -2.46. The second-order valence-electron chi connectivity index (χ2n) is 5.09.